The van der Waals surface area contributed by atoms with E-state index < -0.39 is 41.4 Å². The molecule has 1 aromatic rings. The van der Waals surface area contributed by atoms with E-state index in [-0.39, 0.29) is 25.2 Å². The molecule has 0 aliphatic carbocycles. The maximum absolute atomic E-state index is 12.9. The van der Waals surface area contributed by atoms with Gasteiger partial charge in [-0.2, -0.15) is 13.2 Å². The lowest BCUT2D eigenvalue weighted by molar-refractivity contribution is -0.384. The fourth-order valence-electron chi connectivity index (χ4n) is 3.02. The molecule has 8 nitrogen and oxygen atoms in total. The van der Waals surface area contributed by atoms with E-state index in [1.54, 1.807) is 6.92 Å². The normalized spacial score (nSPS) is 20.4. The first-order valence-electron chi connectivity index (χ1n) is 8.06. The smallest absolute Gasteiger partial charge is 0.393 e. The summed E-state index contributed by atoms with van der Waals surface area (Å²) in [4.78, 5) is 34.5. The van der Waals surface area contributed by atoms with Crippen LogP contribution in [0, 0.1) is 28.9 Å². The van der Waals surface area contributed by atoms with Gasteiger partial charge in [-0.1, -0.05) is 0 Å². The molecule has 148 valence electrons. The van der Waals surface area contributed by atoms with Crippen LogP contribution in [0.3, 0.4) is 0 Å². The number of hydrogen-bond acceptors (Lipinski definition) is 5. The number of nitro groups is 1. The number of non-ortho nitro benzene ring substituents is 1. The number of hydrogen-bond donors (Lipinski definition) is 2. The summed E-state index contributed by atoms with van der Waals surface area (Å²) in [6, 6.07) is 3.90. The summed E-state index contributed by atoms with van der Waals surface area (Å²) in [5.74, 6) is -5.50. The highest BCUT2D eigenvalue weighted by Crippen LogP contribution is 2.37. The maximum Gasteiger partial charge on any atom is 0.393 e. The largest absolute Gasteiger partial charge is 0.481 e. The first kappa shape index (κ1) is 20.6. The molecule has 0 spiro atoms. The number of aryl methyl sites for hydroxylation is 1. The van der Waals surface area contributed by atoms with E-state index in [1.165, 1.54) is 23.1 Å². The van der Waals surface area contributed by atoms with Crippen LogP contribution < -0.4 is 5.32 Å². The number of likely N-dealkylation sites (tertiary alicyclic amines) is 1. The minimum absolute atomic E-state index is 0.0196. The Kier molecular flexibility index (Phi) is 6.04. The fourth-order valence-corrected chi connectivity index (χ4v) is 3.02. The minimum Gasteiger partial charge on any atom is -0.481 e. The van der Waals surface area contributed by atoms with Crippen LogP contribution in [0.1, 0.15) is 12.0 Å². The molecule has 1 aliphatic rings. The number of halogens is 3. The quantitative estimate of drug-likeness (QED) is 0.571. The summed E-state index contributed by atoms with van der Waals surface area (Å²) < 4.78 is 38.8. The van der Waals surface area contributed by atoms with Crippen molar-refractivity contribution in [2.24, 2.45) is 11.8 Å². The third-order valence-electron chi connectivity index (χ3n) is 4.48. The fraction of sp³-hybridized carbons (Fsp3) is 0.500. The summed E-state index contributed by atoms with van der Waals surface area (Å²) in [6.07, 6.45) is -4.75. The highest BCUT2D eigenvalue weighted by molar-refractivity contribution is 5.91. The van der Waals surface area contributed by atoms with Crippen LogP contribution in [0.25, 0.3) is 0 Å². The highest BCUT2D eigenvalue weighted by atomic mass is 19.4. The topological polar surface area (TPSA) is 113 Å². The van der Waals surface area contributed by atoms with Crippen molar-refractivity contribution in [1.29, 1.82) is 0 Å². The number of aliphatic carboxylic acids is 1. The molecule has 1 aromatic carbocycles. The molecule has 2 rings (SSSR count). The third-order valence-corrected chi connectivity index (χ3v) is 4.48. The highest BCUT2D eigenvalue weighted by Gasteiger charge is 2.52. The number of amides is 1. The van der Waals surface area contributed by atoms with E-state index in [9.17, 15) is 32.9 Å². The van der Waals surface area contributed by atoms with Crippen LogP contribution in [0.4, 0.5) is 24.5 Å². The van der Waals surface area contributed by atoms with E-state index in [0.717, 1.165) is 0 Å². The molecule has 1 heterocycles. The van der Waals surface area contributed by atoms with Gasteiger partial charge in [0.2, 0.25) is 5.91 Å². The number of carboxylic acid groups (broad SMARTS) is 1. The molecular formula is C16H18F3N3O5. The van der Waals surface area contributed by atoms with Crippen molar-refractivity contribution in [3.63, 3.8) is 0 Å². The summed E-state index contributed by atoms with van der Waals surface area (Å²) in [5, 5.41) is 22.2. The summed E-state index contributed by atoms with van der Waals surface area (Å²) in [7, 11) is 0. The molecule has 1 amide bonds. The van der Waals surface area contributed by atoms with Gasteiger partial charge in [0.25, 0.3) is 5.69 Å². The van der Waals surface area contributed by atoms with Crippen molar-refractivity contribution in [2.45, 2.75) is 19.5 Å². The Balaban J connectivity index is 1.92. The molecule has 1 aliphatic heterocycles. The Morgan fingerprint density at radius 2 is 2.04 bits per heavy atom. The lowest BCUT2D eigenvalue weighted by Gasteiger charge is -2.18. The molecular weight excluding hydrogens is 371 g/mol. The molecule has 0 bridgehead atoms. The number of carbonyl (C=O) groups is 2. The van der Waals surface area contributed by atoms with Crippen LogP contribution in [-0.4, -0.2) is 52.6 Å². The number of alkyl halides is 3. The Morgan fingerprint density at radius 3 is 2.52 bits per heavy atom. The van der Waals surface area contributed by atoms with E-state index in [0.29, 0.717) is 11.3 Å². The number of nitro benzene ring substituents is 1. The minimum atomic E-state index is -4.62. The van der Waals surface area contributed by atoms with Gasteiger partial charge >= 0.3 is 12.1 Å². The molecule has 1 fully saturated rings. The Morgan fingerprint density at radius 1 is 1.37 bits per heavy atom. The van der Waals surface area contributed by atoms with E-state index >= 15 is 0 Å². The number of carboxylic acids is 1. The van der Waals surface area contributed by atoms with Crippen molar-refractivity contribution in [2.75, 3.05) is 25.0 Å². The average Bonchev–Trinajstić information content (AvgIpc) is 2.99. The standard InChI is InChI=1S/C16H18F3N3O5/c1-9-6-10(22(26)27)2-3-13(9)20-14(23)4-5-21-7-11(15(24)25)12(8-21)16(17,18)19/h2-3,6,11-12H,4-5,7-8H2,1H3,(H,20,23)(H,24,25)/t11-,12-/m1/s1. The van der Waals surface area contributed by atoms with Gasteiger partial charge in [-0.3, -0.25) is 19.7 Å². The Labute approximate surface area is 152 Å². The second kappa shape index (κ2) is 7.91. The molecule has 0 saturated carbocycles. The van der Waals surface area contributed by atoms with Crippen LogP contribution in [0.5, 0.6) is 0 Å². The first-order valence-corrected chi connectivity index (χ1v) is 8.06. The van der Waals surface area contributed by atoms with Crippen molar-refractivity contribution < 1.29 is 32.8 Å². The van der Waals surface area contributed by atoms with Gasteiger partial charge in [-0.15, -0.1) is 0 Å². The number of rotatable bonds is 6. The van der Waals surface area contributed by atoms with E-state index in [2.05, 4.69) is 5.32 Å². The van der Waals surface area contributed by atoms with Gasteiger partial charge in [-0.25, -0.2) is 0 Å². The van der Waals surface area contributed by atoms with Gasteiger partial charge in [0, 0.05) is 43.9 Å². The second-order valence-corrected chi connectivity index (χ2v) is 6.41. The Hall–Kier alpha value is -2.69. The number of anilines is 1. The van der Waals surface area contributed by atoms with Crippen molar-refractivity contribution in [1.82, 2.24) is 4.90 Å². The van der Waals surface area contributed by atoms with Crippen molar-refractivity contribution in [3.8, 4) is 0 Å². The van der Waals surface area contributed by atoms with Gasteiger partial charge in [-0.05, 0) is 18.6 Å². The molecule has 2 atom stereocenters. The predicted octanol–water partition coefficient (Wildman–Crippen LogP) is 2.43. The average molecular weight is 389 g/mol. The molecule has 1 saturated heterocycles. The zero-order valence-electron chi connectivity index (χ0n) is 14.3. The summed E-state index contributed by atoms with van der Waals surface area (Å²) in [6.45, 7) is 0.816. The zero-order chi connectivity index (χ0) is 20.4. The molecule has 0 radical (unpaired) electrons. The maximum atomic E-state index is 12.9. The molecule has 2 N–H and O–H groups in total. The predicted molar refractivity (Wildman–Crippen MR) is 88.2 cm³/mol. The lowest BCUT2D eigenvalue weighted by Crippen LogP contribution is -2.33. The first-order chi connectivity index (χ1) is 12.5. The van der Waals surface area contributed by atoms with Gasteiger partial charge in [0.05, 0.1) is 16.8 Å². The molecule has 0 aromatic heterocycles. The zero-order valence-corrected chi connectivity index (χ0v) is 14.3. The third kappa shape index (κ3) is 5.16. The number of carbonyl (C=O) groups excluding carboxylic acids is 1. The van der Waals surface area contributed by atoms with Crippen LogP contribution >= 0.6 is 0 Å². The van der Waals surface area contributed by atoms with Crippen LogP contribution in [-0.2, 0) is 9.59 Å². The monoisotopic (exact) mass is 389 g/mol. The number of nitrogens with zero attached hydrogens (tertiary/aromatic N) is 2. The molecule has 11 heteroatoms. The Bertz CT molecular complexity index is 753. The van der Waals surface area contributed by atoms with Crippen LogP contribution in [0.15, 0.2) is 18.2 Å². The van der Waals surface area contributed by atoms with E-state index in [1.807, 2.05) is 0 Å². The van der Waals surface area contributed by atoms with Gasteiger partial charge < -0.3 is 15.3 Å². The second-order valence-electron chi connectivity index (χ2n) is 6.41. The summed E-state index contributed by atoms with van der Waals surface area (Å²) >= 11 is 0. The molecule has 27 heavy (non-hydrogen) atoms. The van der Waals surface area contributed by atoms with Crippen LogP contribution in [0.2, 0.25) is 0 Å². The number of nitrogens with one attached hydrogen (secondary N) is 1. The van der Waals surface area contributed by atoms with Gasteiger partial charge in [0.15, 0.2) is 0 Å². The number of benzene rings is 1. The van der Waals surface area contributed by atoms with E-state index in [4.69, 9.17) is 5.11 Å². The van der Waals surface area contributed by atoms with Crippen molar-refractivity contribution in [3.05, 3.63) is 33.9 Å². The lowest BCUT2D eigenvalue weighted by atomic mass is 9.96. The summed E-state index contributed by atoms with van der Waals surface area (Å²) in [5.41, 5.74) is 0.714. The van der Waals surface area contributed by atoms with Gasteiger partial charge in [0.1, 0.15) is 0 Å². The molecule has 0 unspecified atom stereocenters. The van der Waals surface area contributed by atoms with Crippen molar-refractivity contribution >= 4 is 23.3 Å². The SMILES string of the molecule is Cc1cc([N+](=O)[O-])ccc1NC(=O)CCN1C[C@@H](C(F)(F)F)[C@H](C(=O)O)C1.